The maximum absolute atomic E-state index is 12.7. The largest absolute Gasteiger partial charge is 0.496 e. The molecule has 1 saturated heterocycles. The lowest BCUT2D eigenvalue weighted by molar-refractivity contribution is -0.122. The van der Waals surface area contributed by atoms with Gasteiger partial charge in [0.25, 0.3) is 0 Å². The Kier molecular flexibility index (Phi) is 4.87. The summed E-state index contributed by atoms with van der Waals surface area (Å²) in [7, 11) is -2.30. The van der Waals surface area contributed by atoms with Gasteiger partial charge in [0.2, 0.25) is 15.9 Å². The predicted octanol–water partition coefficient (Wildman–Crippen LogP) is -0.0945. The van der Waals surface area contributed by atoms with Crippen molar-refractivity contribution in [1.29, 1.82) is 0 Å². The van der Waals surface area contributed by atoms with Gasteiger partial charge in [-0.05, 0) is 34.1 Å². The van der Waals surface area contributed by atoms with Crippen LogP contribution in [0.5, 0.6) is 5.75 Å². The lowest BCUT2D eigenvalue weighted by Crippen LogP contribution is -2.58. The van der Waals surface area contributed by atoms with Gasteiger partial charge in [0.05, 0.1) is 16.5 Å². The summed E-state index contributed by atoms with van der Waals surface area (Å²) in [5.41, 5.74) is 5.29. The molecule has 0 spiro atoms. The van der Waals surface area contributed by atoms with Gasteiger partial charge in [-0.1, -0.05) is 0 Å². The maximum Gasteiger partial charge on any atom is 0.243 e. The van der Waals surface area contributed by atoms with E-state index in [0.29, 0.717) is 16.8 Å². The Balaban J connectivity index is 2.40. The molecule has 0 saturated carbocycles. The zero-order chi connectivity index (χ0) is 15.6. The number of nitrogens with two attached hydrogens (primary N) is 1. The van der Waals surface area contributed by atoms with Crippen molar-refractivity contribution in [1.82, 2.24) is 9.62 Å². The molecule has 1 amide bonds. The lowest BCUT2D eigenvalue weighted by atomic mass is 10.2. The van der Waals surface area contributed by atoms with Gasteiger partial charge in [0.15, 0.2) is 0 Å². The van der Waals surface area contributed by atoms with Crippen LogP contribution in [0.2, 0.25) is 0 Å². The van der Waals surface area contributed by atoms with Crippen LogP contribution in [0.3, 0.4) is 0 Å². The summed E-state index contributed by atoms with van der Waals surface area (Å²) in [6.45, 7) is 0.881. The van der Waals surface area contributed by atoms with E-state index in [0.717, 1.165) is 4.31 Å². The molecule has 1 aliphatic rings. The Bertz CT molecular complexity index is 650. The summed E-state index contributed by atoms with van der Waals surface area (Å²) in [5, 5.41) is 2.96. The Morgan fingerprint density at radius 3 is 2.81 bits per heavy atom. The number of hydrogen-bond acceptors (Lipinski definition) is 5. The summed E-state index contributed by atoms with van der Waals surface area (Å²) >= 11 is 3.26. The lowest BCUT2D eigenvalue weighted by Gasteiger charge is -2.33. The topological polar surface area (TPSA) is 102 Å². The van der Waals surface area contributed by atoms with Crippen molar-refractivity contribution < 1.29 is 17.9 Å². The Morgan fingerprint density at radius 1 is 1.52 bits per heavy atom. The fraction of sp³-hybridized carbons (Fsp3) is 0.417. The van der Waals surface area contributed by atoms with Gasteiger partial charge < -0.3 is 15.8 Å². The predicted molar refractivity (Wildman–Crippen MR) is 80.4 cm³/mol. The molecule has 1 unspecified atom stereocenters. The van der Waals surface area contributed by atoms with E-state index in [1.807, 2.05) is 0 Å². The molecule has 1 aliphatic heterocycles. The normalized spacial score (nSPS) is 20.2. The third-order valence-electron chi connectivity index (χ3n) is 3.25. The van der Waals surface area contributed by atoms with Crippen LogP contribution in [0, 0.1) is 0 Å². The first kappa shape index (κ1) is 16.2. The molecule has 116 valence electrons. The minimum Gasteiger partial charge on any atom is -0.496 e. The number of nitrogens with one attached hydrogen (secondary N) is 1. The van der Waals surface area contributed by atoms with Crippen molar-refractivity contribution in [3.8, 4) is 5.75 Å². The molecule has 1 atom stereocenters. The minimum atomic E-state index is -3.80. The van der Waals surface area contributed by atoms with Crippen molar-refractivity contribution in [3.63, 3.8) is 0 Å². The standard InChI is InChI=1S/C12H16BrN3O4S/c1-20-11-3-2-8(6-9(11)13)21(18,19)16-5-4-15-7-10(16)12(14)17/h2-3,6,10,15H,4-5,7H2,1H3,(H2,14,17). The first-order valence-corrected chi connectivity index (χ1v) is 8.46. The van der Waals surface area contributed by atoms with E-state index in [1.54, 1.807) is 6.07 Å². The number of hydrogen-bond donors (Lipinski definition) is 2. The van der Waals surface area contributed by atoms with E-state index in [-0.39, 0.29) is 18.0 Å². The van der Waals surface area contributed by atoms with Gasteiger partial charge in [-0.3, -0.25) is 4.79 Å². The van der Waals surface area contributed by atoms with Crippen molar-refractivity contribution >= 4 is 31.9 Å². The maximum atomic E-state index is 12.7. The molecule has 0 aromatic heterocycles. The zero-order valence-corrected chi connectivity index (χ0v) is 13.8. The monoisotopic (exact) mass is 377 g/mol. The van der Waals surface area contributed by atoms with Gasteiger partial charge in [0.1, 0.15) is 11.8 Å². The number of amides is 1. The number of carbonyl (C=O) groups excluding carboxylic acids is 1. The molecule has 1 fully saturated rings. The van der Waals surface area contributed by atoms with E-state index >= 15 is 0 Å². The summed E-state index contributed by atoms with van der Waals surface area (Å²) in [6, 6.07) is 3.57. The summed E-state index contributed by atoms with van der Waals surface area (Å²) < 4.78 is 32.1. The molecule has 0 aliphatic carbocycles. The average Bonchev–Trinajstić information content (AvgIpc) is 2.47. The van der Waals surface area contributed by atoms with Crippen molar-refractivity contribution in [2.24, 2.45) is 5.73 Å². The second kappa shape index (κ2) is 6.30. The first-order valence-electron chi connectivity index (χ1n) is 6.23. The number of halogens is 1. The van der Waals surface area contributed by atoms with E-state index in [9.17, 15) is 13.2 Å². The van der Waals surface area contributed by atoms with Crippen molar-refractivity contribution in [2.45, 2.75) is 10.9 Å². The van der Waals surface area contributed by atoms with Gasteiger partial charge in [-0.25, -0.2) is 8.42 Å². The van der Waals surface area contributed by atoms with E-state index in [2.05, 4.69) is 21.2 Å². The van der Waals surface area contributed by atoms with Crippen LogP contribution in [-0.4, -0.2) is 51.4 Å². The molecule has 1 heterocycles. The number of sulfonamides is 1. The molecule has 1 aromatic carbocycles. The molecule has 0 bridgehead atoms. The van der Waals surface area contributed by atoms with Crippen molar-refractivity contribution in [2.75, 3.05) is 26.7 Å². The fourth-order valence-electron chi connectivity index (χ4n) is 2.16. The number of rotatable bonds is 4. The highest BCUT2D eigenvalue weighted by atomic mass is 79.9. The number of benzene rings is 1. The average molecular weight is 378 g/mol. The van der Waals surface area contributed by atoms with Gasteiger partial charge in [-0.2, -0.15) is 4.31 Å². The highest BCUT2D eigenvalue weighted by Gasteiger charge is 2.36. The van der Waals surface area contributed by atoms with Crippen LogP contribution < -0.4 is 15.8 Å². The highest BCUT2D eigenvalue weighted by Crippen LogP contribution is 2.29. The Hall–Kier alpha value is -1.16. The molecule has 7 nitrogen and oxygen atoms in total. The number of piperazine rings is 1. The second-order valence-electron chi connectivity index (χ2n) is 4.53. The molecule has 3 N–H and O–H groups in total. The summed E-state index contributed by atoms with van der Waals surface area (Å²) in [5.74, 6) is -0.140. The minimum absolute atomic E-state index is 0.0864. The molecule has 2 rings (SSSR count). The molecule has 21 heavy (non-hydrogen) atoms. The quantitative estimate of drug-likeness (QED) is 0.762. The molecule has 0 radical (unpaired) electrons. The molecular formula is C12H16BrN3O4S. The highest BCUT2D eigenvalue weighted by molar-refractivity contribution is 9.10. The number of primary amides is 1. The first-order chi connectivity index (χ1) is 9.87. The van der Waals surface area contributed by atoms with Gasteiger partial charge in [-0.15, -0.1) is 0 Å². The third-order valence-corrected chi connectivity index (χ3v) is 5.78. The number of ether oxygens (including phenoxy) is 1. The Labute approximate surface area is 131 Å². The molecular weight excluding hydrogens is 362 g/mol. The number of nitrogens with zero attached hydrogens (tertiary/aromatic N) is 1. The Morgan fingerprint density at radius 2 is 2.24 bits per heavy atom. The van der Waals surface area contributed by atoms with Crippen LogP contribution in [0.15, 0.2) is 27.6 Å². The van der Waals surface area contributed by atoms with Gasteiger partial charge >= 0.3 is 0 Å². The number of carbonyl (C=O) groups is 1. The smallest absolute Gasteiger partial charge is 0.243 e. The second-order valence-corrected chi connectivity index (χ2v) is 7.28. The van der Waals surface area contributed by atoms with E-state index in [1.165, 1.54) is 19.2 Å². The van der Waals surface area contributed by atoms with Crippen LogP contribution >= 0.6 is 15.9 Å². The van der Waals surface area contributed by atoms with Crippen molar-refractivity contribution in [3.05, 3.63) is 22.7 Å². The van der Waals surface area contributed by atoms with Gasteiger partial charge in [0, 0.05) is 19.6 Å². The third kappa shape index (κ3) is 3.20. The van der Waals surface area contributed by atoms with Crippen LogP contribution in [0.1, 0.15) is 0 Å². The van der Waals surface area contributed by atoms with Crippen LogP contribution in [0.25, 0.3) is 0 Å². The summed E-state index contributed by atoms with van der Waals surface area (Å²) in [6.07, 6.45) is 0. The molecule has 9 heteroatoms. The van der Waals surface area contributed by atoms with E-state index in [4.69, 9.17) is 10.5 Å². The van der Waals surface area contributed by atoms with Crippen LogP contribution in [-0.2, 0) is 14.8 Å². The SMILES string of the molecule is COc1ccc(S(=O)(=O)N2CCNCC2C(N)=O)cc1Br. The van der Waals surface area contributed by atoms with E-state index < -0.39 is 22.0 Å². The summed E-state index contributed by atoms with van der Waals surface area (Å²) in [4.78, 5) is 11.5. The fourth-order valence-corrected chi connectivity index (χ4v) is 4.47. The van der Waals surface area contributed by atoms with Crippen LogP contribution in [0.4, 0.5) is 0 Å². The number of methoxy groups -OCH3 is 1. The molecule has 1 aromatic rings. The zero-order valence-electron chi connectivity index (χ0n) is 11.4.